The minimum atomic E-state index is -1.99. The zero-order valence-corrected chi connectivity index (χ0v) is 30.6. The van der Waals surface area contributed by atoms with Crippen molar-refractivity contribution in [3.8, 4) is 67.5 Å². The molecule has 0 saturated carbocycles. The van der Waals surface area contributed by atoms with Crippen LogP contribution in [0.1, 0.15) is 0 Å². The fraction of sp³-hybridized carbons (Fsp3) is 0.0408. The first-order valence-corrected chi connectivity index (χ1v) is 21.2. The van der Waals surface area contributed by atoms with Crippen LogP contribution in [0.25, 0.3) is 89.1 Å². The standard InChI is InChI=1S/C49H35N3Si/c1-53(2)45-31-42(25-26-43(45)44-29-36-15-9-10-16-37(36)30-46(44)53)49-51-47(35-19-17-34(18-20-35)32-11-5-3-6-12-32)50-48(52-49)41-24-23-39-27-38(21-22-40(39)28-41)33-13-7-4-8-14-33/h3-31H,1-2H3. The lowest BCUT2D eigenvalue weighted by atomic mass is 9.99. The summed E-state index contributed by atoms with van der Waals surface area (Å²) in [7, 11) is -1.99. The molecule has 2 heterocycles. The van der Waals surface area contributed by atoms with Gasteiger partial charge in [-0.1, -0.05) is 171 Å². The second-order valence-electron chi connectivity index (χ2n) is 14.5. The van der Waals surface area contributed by atoms with Crippen molar-refractivity contribution in [2.24, 2.45) is 0 Å². The van der Waals surface area contributed by atoms with Gasteiger partial charge in [0.15, 0.2) is 17.5 Å². The van der Waals surface area contributed by atoms with E-state index in [9.17, 15) is 0 Å². The van der Waals surface area contributed by atoms with Crippen molar-refractivity contribution in [3.63, 3.8) is 0 Å². The van der Waals surface area contributed by atoms with Crippen LogP contribution in [0.3, 0.4) is 0 Å². The summed E-state index contributed by atoms with van der Waals surface area (Å²) in [5.74, 6) is 2.01. The molecule has 0 radical (unpaired) electrons. The summed E-state index contributed by atoms with van der Waals surface area (Å²) in [6.45, 7) is 4.93. The highest BCUT2D eigenvalue weighted by atomic mass is 28.3. The number of aromatic nitrogens is 3. The van der Waals surface area contributed by atoms with E-state index in [0.29, 0.717) is 17.5 Å². The van der Waals surface area contributed by atoms with Gasteiger partial charge in [-0.15, -0.1) is 0 Å². The van der Waals surface area contributed by atoms with Crippen molar-refractivity contribution < 1.29 is 0 Å². The maximum Gasteiger partial charge on any atom is 0.164 e. The Morgan fingerprint density at radius 3 is 1.38 bits per heavy atom. The predicted molar refractivity (Wildman–Crippen MR) is 224 cm³/mol. The Bertz CT molecular complexity index is 2850. The molecule has 9 aromatic rings. The van der Waals surface area contributed by atoms with Crippen LogP contribution in [0.2, 0.25) is 13.1 Å². The van der Waals surface area contributed by atoms with Crippen molar-refractivity contribution in [3.05, 3.63) is 176 Å². The van der Waals surface area contributed by atoms with E-state index in [1.807, 2.05) is 6.07 Å². The first-order chi connectivity index (χ1) is 26.0. The molecule has 8 aromatic carbocycles. The van der Waals surface area contributed by atoms with Gasteiger partial charge in [0, 0.05) is 16.7 Å². The van der Waals surface area contributed by atoms with Gasteiger partial charge in [0.25, 0.3) is 0 Å². The molecule has 1 aliphatic rings. The second-order valence-corrected chi connectivity index (χ2v) is 18.8. The topological polar surface area (TPSA) is 38.7 Å². The first-order valence-electron chi connectivity index (χ1n) is 18.2. The van der Waals surface area contributed by atoms with E-state index in [1.165, 1.54) is 54.3 Å². The molecule has 0 bridgehead atoms. The number of fused-ring (bicyclic) bond motifs is 5. The average molecular weight is 694 g/mol. The second kappa shape index (κ2) is 12.3. The van der Waals surface area contributed by atoms with Gasteiger partial charge >= 0.3 is 0 Å². The van der Waals surface area contributed by atoms with Gasteiger partial charge in [-0.05, 0) is 83.5 Å². The molecule has 250 valence electrons. The molecule has 0 aliphatic carbocycles. The van der Waals surface area contributed by atoms with Crippen LogP contribution in [-0.4, -0.2) is 23.0 Å². The third-order valence-corrected chi connectivity index (χ3v) is 14.4. The van der Waals surface area contributed by atoms with Gasteiger partial charge in [0.2, 0.25) is 0 Å². The van der Waals surface area contributed by atoms with E-state index in [4.69, 9.17) is 15.0 Å². The summed E-state index contributed by atoms with van der Waals surface area (Å²) in [6.07, 6.45) is 0. The van der Waals surface area contributed by atoms with Crippen LogP contribution in [0.5, 0.6) is 0 Å². The average Bonchev–Trinajstić information content (AvgIpc) is 3.44. The van der Waals surface area contributed by atoms with Crippen LogP contribution in [-0.2, 0) is 0 Å². The zero-order chi connectivity index (χ0) is 35.5. The number of rotatable bonds is 5. The highest BCUT2D eigenvalue weighted by Crippen LogP contribution is 2.35. The molecule has 0 atom stereocenters. The zero-order valence-electron chi connectivity index (χ0n) is 29.6. The summed E-state index contributed by atoms with van der Waals surface area (Å²) in [5.41, 5.74) is 10.4. The molecule has 0 amide bonds. The minimum absolute atomic E-state index is 0.663. The fourth-order valence-electron chi connectivity index (χ4n) is 7.96. The van der Waals surface area contributed by atoms with E-state index < -0.39 is 8.07 Å². The van der Waals surface area contributed by atoms with E-state index in [2.05, 4.69) is 183 Å². The Morgan fingerprint density at radius 1 is 0.302 bits per heavy atom. The molecule has 10 rings (SSSR count). The SMILES string of the molecule is C[Si]1(C)c2cc(-c3nc(-c4ccc(-c5ccccc5)cc4)nc(-c4ccc5cc(-c6ccccc6)ccc5c4)n3)ccc2-c2cc3ccccc3cc21. The molecule has 0 unspecified atom stereocenters. The van der Waals surface area contributed by atoms with E-state index in [-0.39, 0.29) is 0 Å². The normalized spacial score (nSPS) is 12.9. The Kier molecular flexibility index (Phi) is 7.27. The largest absolute Gasteiger partial charge is 0.208 e. The highest BCUT2D eigenvalue weighted by molar-refractivity contribution is 7.04. The Labute approximate surface area is 310 Å². The fourth-order valence-corrected chi connectivity index (χ4v) is 11.1. The van der Waals surface area contributed by atoms with E-state index >= 15 is 0 Å². The van der Waals surface area contributed by atoms with Crippen LogP contribution in [0.4, 0.5) is 0 Å². The minimum Gasteiger partial charge on any atom is -0.208 e. The van der Waals surface area contributed by atoms with Crippen molar-refractivity contribution in [1.82, 2.24) is 15.0 Å². The monoisotopic (exact) mass is 693 g/mol. The lowest BCUT2D eigenvalue weighted by Gasteiger charge is -2.19. The quantitative estimate of drug-likeness (QED) is 0.168. The Hall–Kier alpha value is -6.49. The van der Waals surface area contributed by atoms with Gasteiger partial charge < -0.3 is 0 Å². The smallest absolute Gasteiger partial charge is 0.164 e. The summed E-state index contributed by atoms with van der Waals surface area (Å²) < 4.78 is 0. The molecule has 53 heavy (non-hydrogen) atoms. The maximum absolute atomic E-state index is 5.20. The molecule has 0 spiro atoms. The van der Waals surface area contributed by atoms with E-state index in [0.717, 1.165) is 27.6 Å². The van der Waals surface area contributed by atoms with Gasteiger partial charge in [0.05, 0.1) is 0 Å². The van der Waals surface area contributed by atoms with Gasteiger partial charge in [-0.3, -0.25) is 0 Å². The van der Waals surface area contributed by atoms with Crippen LogP contribution in [0.15, 0.2) is 176 Å². The number of benzene rings is 8. The van der Waals surface area contributed by atoms with E-state index in [1.54, 1.807) is 0 Å². The maximum atomic E-state index is 5.20. The molecule has 3 nitrogen and oxygen atoms in total. The molecule has 0 fully saturated rings. The lowest BCUT2D eigenvalue weighted by molar-refractivity contribution is 1.07. The molecular formula is C49H35N3Si. The molecule has 0 saturated heterocycles. The summed E-state index contributed by atoms with van der Waals surface area (Å²) in [6, 6.07) is 63.0. The van der Waals surface area contributed by atoms with Crippen molar-refractivity contribution in [2.45, 2.75) is 13.1 Å². The summed E-state index contributed by atoms with van der Waals surface area (Å²) in [4.78, 5) is 15.5. The summed E-state index contributed by atoms with van der Waals surface area (Å²) >= 11 is 0. The lowest BCUT2D eigenvalue weighted by Crippen LogP contribution is -2.49. The van der Waals surface area contributed by atoms with Gasteiger partial charge in [-0.2, -0.15) is 0 Å². The number of hydrogen-bond donors (Lipinski definition) is 0. The Morgan fingerprint density at radius 2 is 0.717 bits per heavy atom. The highest BCUT2D eigenvalue weighted by Gasteiger charge is 2.38. The Balaban J connectivity index is 1.10. The first kappa shape index (κ1) is 31.3. The van der Waals surface area contributed by atoms with Crippen molar-refractivity contribution in [1.29, 1.82) is 0 Å². The number of nitrogens with zero attached hydrogens (tertiary/aromatic N) is 3. The van der Waals surface area contributed by atoms with Gasteiger partial charge in [0.1, 0.15) is 8.07 Å². The van der Waals surface area contributed by atoms with Crippen LogP contribution in [0, 0.1) is 0 Å². The molecule has 0 N–H and O–H groups in total. The van der Waals surface area contributed by atoms with Crippen LogP contribution < -0.4 is 10.4 Å². The predicted octanol–water partition coefficient (Wildman–Crippen LogP) is 11.3. The van der Waals surface area contributed by atoms with Crippen LogP contribution >= 0.6 is 0 Å². The molecule has 4 heteroatoms. The van der Waals surface area contributed by atoms with Crippen molar-refractivity contribution in [2.75, 3.05) is 0 Å². The molecule has 1 aliphatic heterocycles. The summed E-state index contributed by atoms with van der Waals surface area (Å²) in [5, 5.41) is 7.83. The molecule has 1 aromatic heterocycles. The number of hydrogen-bond acceptors (Lipinski definition) is 3. The third kappa shape index (κ3) is 5.47. The molecular weight excluding hydrogens is 659 g/mol. The van der Waals surface area contributed by atoms with Gasteiger partial charge in [-0.25, -0.2) is 15.0 Å². The van der Waals surface area contributed by atoms with Crippen molar-refractivity contribution >= 4 is 40.0 Å². The third-order valence-electron chi connectivity index (χ3n) is 10.9.